The Hall–Kier alpha value is -0.730. The third-order valence-electron chi connectivity index (χ3n) is 3.26. The Morgan fingerprint density at radius 2 is 1.75 bits per heavy atom. The molecule has 0 heterocycles. The van der Waals surface area contributed by atoms with E-state index in [1.54, 1.807) is 0 Å². The number of hydrogen-bond acceptors (Lipinski definition) is 1. The summed E-state index contributed by atoms with van der Waals surface area (Å²) < 4.78 is 0. The summed E-state index contributed by atoms with van der Waals surface area (Å²) in [7, 11) is 0. The maximum absolute atomic E-state index is 12.1. The molecule has 20 heavy (non-hydrogen) atoms. The van der Waals surface area contributed by atoms with E-state index in [0.717, 1.165) is 12.0 Å². The van der Waals surface area contributed by atoms with E-state index in [-0.39, 0.29) is 17.9 Å². The number of alkyl halides is 2. The average molecular weight is 316 g/mol. The van der Waals surface area contributed by atoms with Crippen molar-refractivity contribution < 1.29 is 4.79 Å². The van der Waals surface area contributed by atoms with Gasteiger partial charge >= 0.3 is 0 Å². The Bertz CT molecular complexity index is 406. The largest absolute Gasteiger partial charge is 0.350 e. The lowest BCUT2D eigenvalue weighted by Crippen LogP contribution is -2.30. The normalized spacial score (nSPS) is 14.3. The molecule has 1 unspecified atom stereocenters. The summed E-state index contributed by atoms with van der Waals surface area (Å²) in [5.74, 6) is 0.471. The molecule has 0 saturated heterocycles. The molecule has 4 heteroatoms. The fraction of sp³-hybridized carbons (Fsp3) is 0.562. The van der Waals surface area contributed by atoms with Crippen LogP contribution in [0.5, 0.6) is 0 Å². The SMILES string of the molecule is CC(C)CC(CC(=O)N[C@H](C)c1ccccc1)C(Cl)Cl. The Morgan fingerprint density at radius 1 is 1.15 bits per heavy atom. The van der Waals surface area contributed by atoms with Gasteiger partial charge in [-0.25, -0.2) is 0 Å². The number of halogens is 2. The summed E-state index contributed by atoms with van der Waals surface area (Å²) in [6, 6.07) is 9.89. The lowest BCUT2D eigenvalue weighted by molar-refractivity contribution is -0.122. The molecule has 2 atom stereocenters. The Balaban J connectivity index is 2.53. The van der Waals surface area contributed by atoms with Gasteiger partial charge in [0.1, 0.15) is 4.84 Å². The van der Waals surface area contributed by atoms with Crippen molar-refractivity contribution in [2.24, 2.45) is 11.8 Å². The van der Waals surface area contributed by atoms with Crippen molar-refractivity contribution in [1.29, 1.82) is 0 Å². The van der Waals surface area contributed by atoms with Crippen LogP contribution in [-0.4, -0.2) is 10.7 Å². The van der Waals surface area contributed by atoms with Crippen molar-refractivity contribution in [2.45, 2.75) is 44.5 Å². The van der Waals surface area contributed by atoms with Crippen LogP contribution in [0.1, 0.15) is 45.2 Å². The van der Waals surface area contributed by atoms with Gasteiger partial charge in [0.05, 0.1) is 6.04 Å². The molecule has 0 aliphatic heterocycles. The summed E-state index contributed by atoms with van der Waals surface area (Å²) in [4.78, 5) is 11.6. The number of hydrogen-bond donors (Lipinski definition) is 1. The topological polar surface area (TPSA) is 29.1 Å². The zero-order chi connectivity index (χ0) is 15.1. The Morgan fingerprint density at radius 3 is 2.25 bits per heavy atom. The molecular formula is C16H23Cl2NO. The molecule has 0 spiro atoms. The molecule has 0 bridgehead atoms. The smallest absolute Gasteiger partial charge is 0.220 e. The zero-order valence-electron chi connectivity index (χ0n) is 12.3. The molecular weight excluding hydrogens is 293 g/mol. The van der Waals surface area contributed by atoms with Gasteiger partial charge in [-0.1, -0.05) is 44.2 Å². The van der Waals surface area contributed by atoms with Crippen molar-refractivity contribution >= 4 is 29.1 Å². The number of amides is 1. The summed E-state index contributed by atoms with van der Waals surface area (Å²) in [5, 5.41) is 3.00. The van der Waals surface area contributed by atoms with E-state index in [2.05, 4.69) is 19.2 Å². The molecule has 0 aromatic heterocycles. The van der Waals surface area contributed by atoms with Crippen LogP contribution in [0, 0.1) is 11.8 Å². The highest BCUT2D eigenvalue weighted by atomic mass is 35.5. The third kappa shape index (κ3) is 6.15. The average Bonchev–Trinajstić information content (AvgIpc) is 2.38. The first-order valence-corrected chi connectivity index (χ1v) is 7.90. The van der Waals surface area contributed by atoms with Crippen LogP contribution in [-0.2, 0) is 4.79 Å². The van der Waals surface area contributed by atoms with Crippen molar-refractivity contribution in [3.8, 4) is 0 Å². The van der Waals surface area contributed by atoms with Crippen LogP contribution in [0.3, 0.4) is 0 Å². The highest BCUT2D eigenvalue weighted by molar-refractivity contribution is 6.44. The van der Waals surface area contributed by atoms with Crippen LogP contribution < -0.4 is 5.32 Å². The molecule has 1 aromatic rings. The molecule has 1 amide bonds. The highest BCUT2D eigenvalue weighted by Gasteiger charge is 2.22. The van der Waals surface area contributed by atoms with E-state index in [0.29, 0.717) is 12.3 Å². The van der Waals surface area contributed by atoms with Gasteiger partial charge in [0.2, 0.25) is 5.91 Å². The number of benzene rings is 1. The Kier molecular flexibility index (Phi) is 7.39. The van der Waals surface area contributed by atoms with Crippen molar-refractivity contribution in [3.05, 3.63) is 35.9 Å². The second-order valence-corrected chi connectivity index (χ2v) is 6.79. The van der Waals surface area contributed by atoms with Gasteiger partial charge in [-0.15, -0.1) is 23.2 Å². The van der Waals surface area contributed by atoms with Crippen LogP contribution in [0.2, 0.25) is 0 Å². The molecule has 112 valence electrons. The zero-order valence-corrected chi connectivity index (χ0v) is 13.8. The maximum Gasteiger partial charge on any atom is 0.220 e. The second kappa shape index (κ2) is 8.53. The van der Waals surface area contributed by atoms with Crippen LogP contribution in [0.25, 0.3) is 0 Å². The van der Waals surface area contributed by atoms with Gasteiger partial charge in [-0.3, -0.25) is 4.79 Å². The molecule has 0 aliphatic rings. The van der Waals surface area contributed by atoms with Crippen molar-refractivity contribution in [1.82, 2.24) is 5.32 Å². The summed E-state index contributed by atoms with van der Waals surface area (Å²) in [6.45, 7) is 6.19. The molecule has 1 aromatic carbocycles. The molecule has 2 nitrogen and oxygen atoms in total. The molecule has 0 fully saturated rings. The minimum atomic E-state index is -0.504. The standard InChI is InChI=1S/C16H23Cl2NO/c1-11(2)9-14(16(17)18)10-15(20)19-12(3)13-7-5-4-6-8-13/h4-8,11-12,14,16H,9-10H2,1-3H3,(H,19,20)/t12-,14?/m1/s1. The van der Waals surface area contributed by atoms with Gasteiger partial charge in [0, 0.05) is 6.42 Å². The summed E-state index contributed by atoms with van der Waals surface area (Å²) in [6.07, 6.45) is 1.22. The van der Waals surface area contributed by atoms with E-state index in [1.165, 1.54) is 0 Å². The summed E-state index contributed by atoms with van der Waals surface area (Å²) in [5.41, 5.74) is 1.09. The monoisotopic (exact) mass is 315 g/mol. The predicted molar refractivity (Wildman–Crippen MR) is 86.1 cm³/mol. The van der Waals surface area contributed by atoms with Crippen molar-refractivity contribution in [2.75, 3.05) is 0 Å². The number of rotatable bonds is 7. The van der Waals surface area contributed by atoms with Crippen LogP contribution in [0.4, 0.5) is 0 Å². The lowest BCUT2D eigenvalue weighted by atomic mass is 9.95. The number of nitrogens with one attached hydrogen (secondary N) is 1. The summed E-state index contributed by atoms with van der Waals surface area (Å²) >= 11 is 11.9. The molecule has 0 saturated carbocycles. The second-order valence-electron chi connectivity index (χ2n) is 5.63. The van der Waals surface area contributed by atoms with Crippen LogP contribution >= 0.6 is 23.2 Å². The predicted octanol–water partition coefficient (Wildman–Crippen LogP) is 4.72. The van der Waals surface area contributed by atoms with E-state index in [9.17, 15) is 4.79 Å². The fourth-order valence-electron chi connectivity index (χ4n) is 2.24. The number of carbonyl (C=O) groups excluding carboxylic acids is 1. The minimum absolute atomic E-state index is 0.00121. The quantitative estimate of drug-likeness (QED) is 0.725. The Labute approximate surface area is 131 Å². The van der Waals surface area contributed by atoms with E-state index < -0.39 is 4.84 Å². The van der Waals surface area contributed by atoms with Gasteiger partial charge in [0.15, 0.2) is 0 Å². The lowest BCUT2D eigenvalue weighted by Gasteiger charge is -2.21. The molecule has 1 N–H and O–H groups in total. The minimum Gasteiger partial charge on any atom is -0.350 e. The first-order valence-electron chi connectivity index (χ1n) is 7.02. The fourth-order valence-corrected chi connectivity index (χ4v) is 2.63. The first kappa shape index (κ1) is 17.3. The van der Waals surface area contributed by atoms with Gasteiger partial charge in [0.25, 0.3) is 0 Å². The van der Waals surface area contributed by atoms with Gasteiger partial charge in [-0.2, -0.15) is 0 Å². The van der Waals surface area contributed by atoms with Crippen LogP contribution in [0.15, 0.2) is 30.3 Å². The molecule has 0 aliphatic carbocycles. The van der Waals surface area contributed by atoms with Gasteiger partial charge < -0.3 is 5.32 Å². The first-order chi connectivity index (χ1) is 9.40. The maximum atomic E-state index is 12.1. The molecule has 1 rings (SSSR count). The number of carbonyl (C=O) groups is 1. The van der Waals surface area contributed by atoms with Crippen molar-refractivity contribution in [3.63, 3.8) is 0 Å². The highest BCUT2D eigenvalue weighted by Crippen LogP contribution is 2.26. The van der Waals surface area contributed by atoms with E-state index >= 15 is 0 Å². The molecule has 0 radical (unpaired) electrons. The third-order valence-corrected chi connectivity index (χ3v) is 3.97. The van der Waals surface area contributed by atoms with Gasteiger partial charge in [-0.05, 0) is 30.7 Å². The van der Waals surface area contributed by atoms with E-state index in [1.807, 2.05) is 37.3 Å². The van der Waals surface area contributed by atoms with E-state index in [4.69, 9.17) is 23.2 Å².